The zero-order valence-corrected chi connectivity index (χ0v) is 17.9. The van der Waals surface area contributed by atoms with Crippen LogP contribution in [0.15, 0.2) is 34.9 Å². The molecule has 0 saturated carbocycles. The van der Waals surface area contributed by atoms with Crippen molar-refractivity contribution in [1.82, 2.24) is 25.3 Å². The van der Waals surface area contributed by atoms with Gasteiger partial charge in [-0.05, 0) is 23.9 Å². The molecule has 0 radical (unpaired) electrons. The van der Waals surface area contributed by atoms with Gasteiger partial charge < -0.3 is 14.7 Å². The van der Waals surface area contributed by atoms with E-state index in [2.05, 4.69) is 46.0 Å². The molecule has 7 heteroatoms. The molecule has 158 valence electrons. The molecule has 2 heterocycles. The molecule has 0 atom stereocenters. The number of nitrogens with zero attached hydrogens (tertiary/aromatic N) is 4. The molecule has 0 aliphatic carbocycles. The fraction of sp³-hybridized carbons (Fsp3) is 0.591. The number of aromatic nitrogens is 2. The number of carbonyl (C=O) groups is 1. The smallest absolute Gasteiger partial charge is 0.240 e. The minimum absolute atomic E-state index is 0.103. The summed E-state index contributed by atoms with van der Waals surface area (Å²) in [6.07, 6.45) is 1.35. The second-order valence-corrected chi connectivity index (χ2v) is 8.97. The van der Waals surface area contributed by atoms with Crippen molar-refractivity contribution in [1.29, 1.82) is 0 Å². The van der Waals surface area contributed by atoms with Gasteiger partial charge in [0.15, 0.2) is 5.82 Å². The van der Waals surface area contributed by atoms with Gasteiger partial charge in [-0.3, -0.25) is 9.69 Å². The average Bonchev–Trinajstić information content (AvgIpc) is 3.13. The van der Waals surface area contributed by atoms with Crippen LogP contribution in [0.3, 0.4) is 0 Å². The third-order valence-corrected chi connectivity index (χ3v) is 5.16. The third kappa shape index (κ3) is 7.59. The van der Waals surface area contributed by atoms with E-state index in [0.717, 1.165) is 38.3 Å². The Hall–Kier alpha value is -2.25. The fourth-order valence-corrected chi connectivity index (χ4v) is 3.28. The lowest BCUT2D eigenvalue weighted by Crippen LogP contribution is -2.46. The Morgan fingerprint density at radius 3 is 2.48 bits per heavy atom. The van der Waals surface area contributed by atoms with Crippen LogP contribution in [0.5, 0.6) is 0 Å². The van der Waals surface area contributed by atoms with Gasteiger partial charge in [0, 0.05) is 32.7 Å². The molecule has 3 rings (SSSR count). The van der Waals surface area contributed by atoms with Crippen molar-refractivity contribution in [2.24, 2.45) is 5.41 Å². The first-order chi connectivity index (χ1) is 13.9. The average molecular weight is 400 g/mol. The number of hydrogen-bond acceptors (Lipinski definition) is 6. The number of nitrogens with one attached hydrogen (secondary N) is 1. The van der Waals surface area contributed by atoms with E-state index in [1.54, 1.807) is 0 Å². The van der Waals surface area contributed by atoms with Gasteiger partial charge >= 0.3 is 0 Å². The molecule has 0 spiro atoms. The van der Waals surface area contributed by atoms with E-state index >= 15 is 0 Å². The maximum Gasteiger partial charge on any atom is 0.240 e. The van der Waals surface area contributed by atoms with E-state index in [1.165, 1.54) is 6.42 Å². The van der Waals surface area contributed by atoms with Crippen molar-refractivity contribution >= 4 is 5.91 Å². The Bertz CT molecular complexity index is 761. The first-order valence-electron chi connectivity index (χ1n) is 10.4. The molecule has 7 nitrogen and oxygen atoms in total. The summed E-state index contributed by atoms with van der Waals surface area (Å²) in [6.45, 7) is 13.3. The number of piperazine rings is 1. The summed E-state index contributed by atoms with van der Waals surface area (Å²) < 4.78 is 5.35. The monoisotopic (exact) mass is 399 g/mol. The number of carbonyl (C=O) groups excluding carboxylic acids is 1. The molecular weight excluding hydrogens is 366 g/mol. The minimum Gasteiger partial charge on any atom is -0.352 e. The molecule has 29 heavy (non-hydrogen) atoms. The second kappa shape index (κ2) is 9.98. The van der Waals surface area contributed by atoms with Crippen LogP contribution in [-0.4, -0.2) is 58.6 Å². The van der Waals surface area contributed by atoms with E-state index in [4.69, 9.17) is 4.52 Å². The molecule has 1 saturated heterocycles. The van der Waals surface area contributed by atoms with Crippen LogP contribution in [0.1, 0.15) is 44.5 Å². The Balaban J connectivity index is 1.37. The van der Waals surface area contributed by atoms with Gasteiger partial charge in [0.25, 0.3) is 0 Å². The quantitative estimate of drug-likeness (QED) is 0.735. The molecule has 0 unspecified atom stereocenters. The summed E-state index contributed by atoms with van der Waals surface area (Å²) in [4.78, 5) is 21.4. The van der Waals surface area contributed by atoms with Crippen LogP contribution in [0, 0.1) is 5.41 Å². The molecule has 1 fully saturated rings. The highest BCUT2D eigenvalue weighted by Crippen LogP contribution is 2.19. The summed E-state index contributed by atoms with van der Waals surface area (Å²) in [7, 11) is 0. The number of rotatable bonds is 8. The Kier molecular flexibility index (Phi) is 7.39. The van der Waals surface area contributed by atoms with Crippen LogP contribution >= 0.6 is 0 Å². The first-order valence-corrected chi connectivity index (χ1v) is 10.4. The van der Waals surface area contributed by atoms with Gasteiger partial charge in [-0.15, -0.1) is 0 Å². The lowest BCUT2D eigenvalue weighted by molar-refractivity contribution is -0.120. The second-order valence-electron chi connectivity index (χ2n) is 8.97. The van der Waals surface area contributed by atoms with Gasteiger partial charge in [-0.2, -0.15) is 4.98 Å². The van der Waals surface area contributed by atoms with Crippen LogP contribution in [-0.2, 0) is 24.3 Å². The van der Waals surface area contributed by atoms with Gasteiger partial charge in [-0.1, -0.05) is 56.3 Å². The van der Waals surface area contributed by atoms with Crippen molar-refractivity contribution in [3.05, 3.63) is 47.6 Å². The number of benzene rings is 1. The summed E-state index contributed by atoms with van der Waals surface area (Å²) in [5, 5.41) is 6.85. The molecule has 1 amide bonds. The predicted molar refractivity (Wildman–Crippen MR) is 112 cm³/mol. The largest absolute Gasteiger partial charge is 0.352 e. The molecule has 1 N–H and O–H groups in total. The van der Waals surface area contributed by atoms with E-state index in [1.807, 2.05) is 30.3 Å². The lowest BCUT2D eigenvalue weighted by Gasteiger charge is -2.35. The van der Waals surface area contributed by atoms with Crippen LogP contribution < -0.4 is 5.32 Å². The zero-order valence-electron chi connectivity index (χ0n) is 17.9. The summed E-state index contributed by atoms with van der Waals surface area (Å²) >= 11 is 0. The van der Waals surface area contributed by atoms with Gasteiger partial charge in [-0.25, -0.2) is 0 Å². The van der Waals surface area contributed by atoms with Gasteiger partial charge in [0.1, 0.15) is 0 Å². The zero-order chi connectivity index (χ0) is 20.7. The highest BCUT2D eigenvalue weighted by molar-refractivity contribution is 5.77. The minimum atomic E-state index is -0.103. The van der Waals surface area contributed by atoms with Crippen molar-refractivity contribution in [2.45, 2.75) is 46.7 Å². The topological polar surface area (TPSA) is 74.5 Å². The van der Waals surface area contributed by atoms with Crippen LogP contribution in [0.2, 0.25) is 0 Å². The van der Waals surface area contributed by atoms with E-state index in [0.29, 0.717) is 30.2 Å². The number of hydrogen-bond donors (Lipinski definition) is 1. The van der Waals surface area contributed by atoms with Crippen molar-refractivity contribution in [3.63, 3.8) is 0 Å². The standard InChI is InChI=1S/C22H33N5O2/c1-22(2,3)9-10-26-11-13-27(14-12-26)17-21-24-19(25-29-21)15-20(28)23-16-18-7-5-4-6-8-18/h4-8H,9-17H2,1-3H3,(H,23,28). The summed E-state index contributed by atoms with van der Waals surface area (Å²) in [5.74, 6) is 0.919. The van der Waals surface area contributed by atoms with Crippen molar-refractivity contribution in [2.75, 3.05) is 32.7 Å². The first kappa shape index (κ1) is 21.5. The van der Waals surface area contributed by atoms with Gasteiger partial charge in [0.05, 0.1) is 13.0 Å². The number of amides is 1. The van der Waals surface area contributed by atoms with E-state index in [-0.39, 0.29) is 12.3 Å². The Morgan fingerprint density at radius 2 is 1.79 bits per heavy atom. The highest BCUT2D eigenvalue weighted by Gasteiger charge is 2.21. The molecular formula is C22H33N5O2. The summed E-state index contributed by atoms with van der Waals surface area (Å²) in [5.41, 5.74) is 1.45. The Labute approximate surface area is 173 Å². The SMILES string of the molecule is CC(C)(C)CCN1CCN(Cc2nc(CC(=O)NCc3ccccc3)no2)CC1. The third-order valence-electron chi connectivity index (χ3n) is 5.16. The van der Waals surface area contributed by atoms with Crippen molar-refractivity contribution < 1.29 is 9.32 Å². The fourth-order valence-electron chi connectivity index (χ4n) is 3.28. The molecule has 1 aromatic heterocycles. The Morgan fingerprint density at radius 1 is 1.10 bits per heavy atom. The highest BCUT2D eigenvalue weighted by atomic mass is 16.5. The normalized spacial score (nSPS) is 16.1. The van der Waals surface area contributed by atoms with Crippen molar-refractivity contribution in [3.8, 4) is 0 Å². The van der Waals surface area contributed by atoms with E-state index < -0.39 is 0 Å². The van der Waals surface area contributed by atoms with Crippen LogP contribution in [0.4, 0.5) is 0 Å². The molecule has 1 aliphatic heterocycles. The maximum absolute atomic E-state index is 12.1. The molecule has 2 aromatic rings. The lowest BCUT2D eigenvalue weighted by atomic mass is 9.92. The summed E-state index contributed by atoms with van der Waals surface area (Å²) in [6, 6.07) is 9.83. The molecule has 1 aromatic carbocycles. The predicted octanol–water partition coefficient (Wildman–Crippen LogP) is 2.48. The van der Waals surface area contributed by atoms with Gasteiger partial charge in [0.2, 0.25) is 11.8 Å². The molecule has 1 aliphatic rings. The molecule has 0 bridgehead atoms. The van der Waals surface area contributed by atoms with E-state index in [9.17, 15) is 4.79 Å². The van der Waals surface area contributed by atoms with Crippen LogP contribution in [0.25, 0.3) is 0 Å². The maximum atomic E-state index is 12.1.